The number of nitrogens with zero attached hydrogens (tertiary/aromatic N) is 1. The fourth-order valence-corrected chi connectivity index (χ4v) is 2.96. The number of benzene rings is 1. The number of thiophene rings is 1. The molecule has 96 valence electrons. The van der Waals surface area contributed by atoms with Gasteiger partial charge < -0.3 is 5.11 Å². The Kier molecular flexibility index (Phi) is 3.32. The number of fused-ring (bicyclic) bond motifs is 1. The molecule has 1 unspecified atom stereocenters. The van der Waals surface area contributed by atoms with Crippen LogP contribution in [-0.2, 0) is 6.42 Å². The number of aliphatic hydroxyl groups is 1. The molecular formula is C16H15NOS. The lowest BCUT2D eigenvalue weighted by Crippen LogP contribution is -2.04. The summed E-state index contributed by atoms with van der Waals surface area (Å²) in [4.78, 5) is 4.57. The minimum atomic E-state index is -0.544. The van der Waals surface area contributed by atoms with Crippen molar-refractivity contribution in [1.29, 1.82) is 0 Å². The number of aryl methyl sites for hydroxylation is 1. The van der Waals surface area contributed by atoms with E-state index in [1.54, 1.807) is 11.3 Å². The number of hydrogen-bond donors (Lipinski definition) is 1. The van der Waals surface area contributed by atoms with Crippen molar-refractivity contribution in [1.82, 2.24) is 4.98 Å². The van der Waals surface area contributed by atoms with Gasteiger partial charge >= 0.3 is 0 Å². The summed E-state index contributed by atoms with van der Waals surface area (Å²) in [5.74, 6) is 0. The molecule has 0 aliphatic carbocycles. The van der Waals surface area contributed by atoms with Crippen LogP contribution in [0.2, 0.25) is 0 Å². The molecule has 0 aliphatic rings. The third kappa shape index (κ3) is 2.53. The van der Waals surface area contributed by atoms with E-state index in [-0.39, 0.29) is 0 Å². The zero-order chi connectivity index (χ0) is 13.2. The Labute approximate surface area is 116 Å². The highest BCUT2D eigenvalue weighted by molar-refractivity contribution is 7.07. The van der Waals surface area contributed by atoms with Crippen LogP contribution in [0, 0.1) is 6.92 Å². The minimum absolute atomic E-state index is 0.544. The van der Waals surface area contributed by atoms with E-state index in [2.05, 4.69) is 23.4 Å². The van der Waals surface area contributed by atoms with Crippen LogP contribution >= 0.6 is 11.3 Å². The van der Waals surface area contributed by atoms with E-state index >= 15 is 0 Å². The summed E-state index contributed by atoms with van der Waals surface area (Å²) in [5, 5.41) is 15.6. The highest BCUT2D eigenvalue weighted by Gasteiger charge is 2.12. The smallest absolute Gasteiger partial charge is 0.100 e. The average Bonchev–Trinajstić information content (AvgIpc) is 2.91. The number of rotatable bonds is 3. The van der Waals surface area contributed by atoms with Crippen LogP contribution in [0.1, 0.15) is 22.9 Å². The van der Waals surface area contributed by atoms with Gasteiger partial charge in [-0.3, -0.25) is 4.98 Å². The van der Waals surface area contributed by atoms with Crippen LogP contribution in [0.5, 0.6) is 0 Å². The highest BCUT2D eigenvalue weighted by Crippen LogP contribution is 2.23. The molecule has 1 atom stereocenters. The zero-order valence-electron chi connectivity index (χ0n) is 10.7. The second kappa shape index (κ2) is 5.11. The predicted octanol–water partition coefficient (Wildman–Crippen LogP) is 3.88. The molecule has 0 bridgehead atoms. The third-order valence-electron chi connectivity index (χ3n) is 3.29. The molecule has 0 spiro atoms. The van der Waals surface area contributed by atoms with Gasteiger partial charge in [-0.05, 0) is 47.0 Å². The Bertz CT molecular complexity index is 691. The maximum atomic E-state index is 10.3. The van der Waals surface area contributed by atoms with Gasteiger partial charge in [-0.1, -0.05) is 18.2 Å². The first-order chi connectivity index (χ1) is 9.24. The van der Waals surface area contributed by atoms with Crippen LogP contribution in [-0.4, -0.2) is 10.1 Å². The van der Waals surface area contributed by atoms with Crippen molar-refractivity contribution in [3.8, 4) is 0 Å². The molecule has 1 N–H and O–H groups in total. The summed E-state index contributed by atoms with van der Waals surface area (Å²) in [5.41, 5.74) is 4.01. The zero-order valence-corrected chi connectivity index (χ0v) is 11.5. The summed E-state index contributed by atoms with van der Waals surface area (Å²) in [6, 6.07) is 12.1. The van der Waals surface area contributed by atoms with Crippen LogP contribution in [0.3, 0.4) is 0 Å². The molecule has 2 aromatic heterocycles. The molecule has 1 aromatic carbocycles. The van der Waals surface area contributed by atoms with Gasteiger partial charge in [0, 0.05) is 11.8 Å². The lowest BCUT2D eigenvalue weighted by molar-refractivity contribution is 0.174. The van der Waals surface area contributed by atoms with E-state index in [4.69, 9.17) is 0 Å². The second-order valence-corrected chi connectivity index (χ2v) is 5.51. The molecule has 0 amide bonds. The largest absolute Gasteiger partial charge is 0.386 e. The molecule has 3 aromatic rings. The third-order valence-corrected chi connectivity index (χ3v) is 4.03. The average molecular weight is 269 g/mol. The summed E-state index contributed by atoms with van der Waals surface area (Å²) in [6.45, 7) is 2.06. The number of pyridine rings is 1. The maximum Gasteiger partial charge on any atom is 0.100 e. The molecule has 3 rings (SSSR count). The van der Waals surface area contributed by atoms with E-state index in [9.17, 15) is 5.11 Å². The molecule has 0 saturated carbocycles. The molecule has 19 heavy (non-hydrogen) atoms. The van der Waals surface area contributed by atoms with Crippen molar-refractivity contribution < 1.29 is 5.11 Å². The van der Waals surface area contributed by atoms with Crippen molar-refractivity contribution in [2.75, 3.05) is 0 Å². The van der Waals surface area contributed by atoms with Gasteiger partial charge in [0.05, 0.1) is 11.2 Å². The molecule has 0 saturated heterocycles. The fourth-order valence-electron chi connectivity index (χ4n) is 2.28. The van der Waals surface area contributed by atoms with Gasteiger partial charge in [0.1, 0.15) is 6.10 Å². The van der Waals surface area contributed by atoms with E-state index in [0.29, 0.717) is 6.42 Å². The lowest BCUT2D eigenvalue weighted by Gasteiger charge is -2.12. The van der Waals surface area contributed by atoms with Crippen molar-refractivity contribution in [2.24, 2.45) is 0 Å². The summed E-state index contributed by atoms with van der Waals surface area (Å²) >= 11 is 1.65. The van der Waals surface area contributed by atoms with E-state index in [0.717, 1.165) is 27.7 Å². The van der Waals surface area contributed by atoms with Gasteiger partial charge in [0.2, 0.25) is 0 Å². The first-order valence-corrected chi connectivity index (χ1v) is 7.24. The summed E-state index contributed by atoms with van der Waals surface area (Å²) in [7, 11) is 0. The number of hydrogen-bond acceptors (Lipinski definition) is 3. The topological polar surface area (TPSA) is 33.1 Å². The molecule has 2 nitrogen and oxygen atoms in total. The van der Waals surface area contributed by atoms with Crippen molar-refractivity contribution in [3.63, 3.8) is 0 Å². The van der Waals surface area contributed by atoms with Gasteiger partial charge in [-0.15, -0.1) is 0 Å². The standard InChI is InChI=1S/C16H15NOS/c1-11-8-15(16(18)9-12-6-7-19-10-12)17-14-5-3-2-4-13(11)14/h2-8,10,16,18H,9H2,1H3. The molecule has 0 aliphatic heterocycles. The van der Waals surface area contributed by atoms with Crippen LogP contribution in [0.4, 0.5) is 0 Å². The molecule has 0 radical (unpaired) electrons. The quantitative estimate of drug-likeness (QED) is 0.782. The predicted molar refractivity (Wildman–Crippen MR) is 79.5 cm³/mol. The van der Waals surface area contributed by atoms with E-state index < -0.39 is 6.10 Å². The second-order valence-electron chi connectivity index (χ2n) is 4.73. The highest BCUT2D eigenvalue weighted by atomic mass is 32.1. The molecule has 0 fully saturated rings. The monoisotopic (exact) mass is 269 g/mol. The van der Waals surface area contributed by atoms with Gasteiger partial charge in [0.25, 0.3) is 0 Å². The van der Waals surface area contributed by atoms with Crippen LogP contribution < -0.4 is 0 Å². The van der Waals surface area contributed by atoms with Crippen molar-refractivity contribution in [3.05, 3.63) is 64.0 Å². The van der Waals surface area contributed by atoms with Crippen molar-refractivity contribution >= 4 is 22.2 Å². The molecule has 2 heterocycles. The van der Waals surface area contributed by atoms with Crippen LogP contribution in [0.15, 0.2) is 47.2 Å². The summed E-state index contributed by atoms with van der Waals surface area (Å²) in [6.07, 6.45) is 0.0757. The number of para-hydroxylation sites is 1. The Morgan fingerprint density at radius 1 is 1.26 bits per heavy atom. The number of aromatic nitrogens is 1. The van der Waals surface area contributed by atoms with Gasteiger partial charge in [-0.25, -0.2) is 0 Å². The SMILES string of the molecule is Cc1cc(C(O)Cc2ccsc2)nc2ccccc12. The normalized spacial score (nSPS) is 12.7. The Balaban J connectivity index is 1.96. The maximum absolute atomic E-state index is 10.3. The van der Waals surface area contributed by atoms with Crippen LogP contribution in [0.25, 0.3) is 10.9 Å². The Morgan fingerprint density at radius 3 is 2.89 bits per heavy atom. The first kappa shape index (κ1) is 12.3. The lowest BCUT2D eigenvalue weighted by atomic mass is 10.0. The Hall–Kier alpha value is -1.71. The first-order valence-electron chi connectivity index (χ1n) is 6.29. The molecule has 3 heteroatoms. The fraction of sp³-hybridized carbons (Fsp3) is 0.188. The van der Waals surface area contributed by atoms with Gasteiger partial charge in [-0.2, -0.15) is 11.3 Å². The van der Waals surface area contributed by atoms with Crippen molar-refractivity contribution in [2.45, 2.75) is 19.4 Å². The molecular weight excluding hydrogens is 254 g/mol. The minimum Gasteiger partial charge on any atom is -0.386 e. The summed E-state index contributed by atoms with van der Waals surface area (Å²) < 4.78 is 0. The Morgan fingerprint density at radius 2 is 2.11 bits per heavy atom. The van der Waals surface area contributed by atoms with Gasteiger partial charge in [0.15, 0.2) is 0 Å². The van der Waals surface area contributed by atoms with E-state index in [1.165, 1.54) is 0 Å². The van der Waals surface area contributed by atoms with E-state index in [1.807, 2.05) is 35.7 Å². The number of aliphatic hydroxyl groups excluding tert-OH is 1.